The first kappa shape index (κ1) is 14.6. The summed E-state index contributed by atoms with van der Waals surface area (Å²) in [4.78, 5) is 12.1. The molecule has 0 aliphatic heterocycles. The molecule has 0 saturated heterocycles. The smallest absolute Gasteiger partial charge is 0.254 e. The van der Waals surface area contributed by atoms with E-state index in [1.54, 1.807) is 12.1 Å². The molecule has 0 aromatic heterocycles. The van der Waals surface area contributed by atoms with Gasteiger partial charge < -0.3 is 11.1 Å². The van der Waals surface area contributed by atoms with Crippen molar-refractivity contribution in [3.63, 3.8) is 0 Å². The van der Waals surface area contributed by atoms with Crippen LogP contribution in [0.5, 0.6) is 0 Å². The van der Waals surface area contributed by atoms with E-state index < -0.39 is 17.3 Å². The average molecular weight is 252 g/mol. The Morgan fingerprint density at radius 3 is 2.61 bits per heavy atom. The molecule has 1 atom stereocenters. The van der Waals surface area contributed by atoms with Crippen LogP contribution in [0, 0.1) is 18.7 Å². The number of nitrogens with one attached hydrogen (secondary N) is 1. The van der Waals surface area contributed by atoms with Crippen molar-refractivity contribution >= 4 is 5.91 Å². The lowest BCUT2D eigenvalue weighted by atomic mass is 9.88. The fraction of sp³-hybridized carbons (Fsp3) is 0.500. The lowest BCUT2D eigenvalue weighted by molar-refractivity contribution is 0.0879. The number of benzene rings is 1. The molecule has 18 heavy (non-hydrogen) atoms. The van der Waals surface area contributed by atoms with Gasteiger partial charge in [0.1, 0.15) is 5.82 Å². The maximum Gasteiger partial charge on any atom is 0.254 e. The molecule has 100 valence electrons. The van der Waals surface area contributed by atoms with Crippen LogP contribution in [0.2, 0.25) is 0 Å². The third-order valence-corrected chi connectivity index (χ3v) is 3.46. The molecule has 1 rings (SSSR count). The van der Waals surface area contributed by atoms with Crippen molar-refractivity contribution in [2.45, 2.75) is 33.2 Å². The maximum absolute atomic E-state index is 13.6. The molecule has 0 fully saturated rings. The SMILES string of the molecule is Cc1ccc(F)c(C(=O)NC(C)(CN)C(C)C)c1. The van der Waals surface area contributed by atoms with E-state index >= 15 is 0 Å². The molecule has 0 radical (unpaired) electrons. The molecule has 1 amide bonds. The van der Waals surface area contributed by atoms with Crippen molar-refractivity contribution in [2.75, 3.05) is 6.54 Å². The van der Waals surface area contributed by atoms with Crippen molar-refractivity contribution in [3.05, 3.63) is 35.1 Å². The molecule has 4 heteroatoms. The molecule has 1 aromatic carbocycles. The summed E-state index contributed by atoms with van der Waals surface area (Å²) in [6.45, 7) is 7.94. The van der Waals surface area contributed by atoms with Crippen molar-refractivity contribution in [2.24, 2.45) is 11.7 Å². The first-order valence-corrected chi connectivity index (χ1v) is 6.09. The molecule has 0 heterocycles. The summed E-state index contributed by atoms with van der Waals surface area (Å²) in [5, 5.41) is 2.82. The summed E-state index contributed by atoms with van der Waals surface area (Å²) in [7, 11) is 0. The predicted molar refractivity (Wildman–Crippen MR) is 70.9 cm³/mol. The number of hydrogen-bond donors (Lipinski definition) is 2. The van der Waals surface area contributed by atoms with Gasteiger partial charge in [-0.2, -0.15) is 0 Å². The zero-order valence-electron chi connectivity index (χ0n) is 11.4. The summed E-state index contributed by atoms with van der Waals surface area (Å²) in [5.74, 6) is -0.765. The van der Waals surface area contributed by atoms with E-state index in [9.17, 15) is 9.18 Å². The third kappa shape index (κ3) is 3.07. The Bertz CT molecular complexity index is 445. The van der Waals surface area contributed by atoms with Crippen LogP contribution < -0.4 is 11.1 Å². The molecule has 1 unspecified atom stereocenters. The van der Waals surface area contributed by atoms with E-state index in [4.69, 9.17) is 5.73 Å². The number of nitrogens with two attached hydrogens (primary N) is 1. The second-order valence-corrected chi connectivity index (χ2v) is 5.21. The van der Waals surface area contributed by atoms with Gasteiger partial charge in [0.25, 0.3) is 5.91 Å². The third-order valence-electron chi connectivity index (χ3n) is 3.46. The fourth-order valence-corrected chi connectivity index (χ4v) is 1.57. The topological polar surface area (TPSA) is 55.1 Å². The van der Waals surface area contributed by atoms with Crippen molar-refractivity contribution < 1.29 is 9.18 Å². The lowest BCUT2D eigenvalue weighted by Gasteiger charge is -2.33. The zero-order valence-corrected chi connectivity index (χ0v) is 11.4. The Morgan fingerprint density at radius 1 is 1.50 bits per heavy atom. The van der Waals surface area contributed by atoms with Gasteiger partial charge in [-0.15, -0.1) is 0 Å². The van der Waals surface area contributed by atoms with Crippen LogP contribution in [0.25, 0.3) is 0 Å². The molecular formula is C14H21FN2O. The molecule has 0 bridgehead atoms. The van der Waals surface area contributed by atoms with Gasteiger partial charge in [0.15, 0.2) is 0 Å². The Hall–Kier alpha value is -1.42. The molecule has 3 nitrogen and oxygen atoms in total. The Balaban J connectivity index is 2.98. The number of carbonyl (C=O) groups excluding carboxylic acids is 1. The Labute approximate surface area is 108 Å². The predicted octanol–water partition coefficient (Wildman–Crippen LogP) is 2.24. The van der Waals surface area contributed by atoms with E-state index in [-0.39, 0.29) is 11.5 Å². The molecule has 0 spiro atoms. The van der Waals surface area contributed by atoms with Crippen LogP contribution >= 0.6 is 0 Å². The molecule has 0 aliphatic carbocycles. The molecule has 0 saturated carbocycles. The first-order valence-electron chi connectivity index (χ1n) is 6.09. The summed E-state index contributed by atoms with van der Waals surface area (Å²) in [6, 6.07) is 4.48. The number of aryl methyl sites for hydroxylation is 1. The maximum atomic E-state index is 13.6. The van der Waals surface area contributed by atoms with Crippen LogP contribution in [-0.2, 0) is 0 Å². The molecule has 1 aromatic rings. The Morgan fingerprint density at radius 2 is 2.11 bits per heavy atom. The van der Waals surface area contributed by atoms with Crippen LogP contribution in [0.15, 0.2) is 18.2 Å². The zero-order chi connectivity index (χ0) is 13.9. The normalized spacial score (nSPS) is 14.4. The van der Waals surface area contributed by atoms with Crippen LogP contribution in [0.3, 0.4) is 0 Å². The molecule has 3 N–H and O–H groups in total. The second kappa shape index (κ2) is 5.48. The van der Waals surface area contributed by atoms with Gasteiger partial charge in [0.05, 0.1) is 11.1 Å². The number of carbonyl (C=O) groups is 1. The average Bonchev–Trinajstić information content (AvgIpc) is 2.31. The minimum Gasteiger partial charge on any atom is -0.345 e. The minimum atomic E-state index is -0.534. The summed E-state index contributed by atoms with van der Waals surface area (Å²) >= 11 is 0. The van der Waals surface area contributed by atoms with Crippen LogP contribution in [0.4, 0.5) is 4.39 Å². The van der Waals surface area contributed by atoms with E-state index in [1.165, 1.54) is 6.07 Å². The van der Waals surface area contributed by atoms with E-state index in [2.05, 4.69) is 5.32 Å². The summed E-state index contributed by atoms with van der Waals surface area (Å²) < 4.78 is 13.6. The highest BCUT2D eigenvalue weighted by Gasteiger charge is 2.29. The second-order valence-electron chi connectivity index (χ2n) is 5.21. The van der Waals surface area contributed by atoms with Gasteiger partial charge in [0.2, 0.25) is 0 Å². The van der Waals surface area contributed by atoms with Gasteiger partial charge in [0, 0.05) is 6.54 Å². The quantitative estimate of drug-likeness (QED) is 0.863. The van der Waals surface area contributed by atoms with E-state index in [1.807, 2.05) is 27.7 Å². The monoisotopic (exact) mass is 252 g/mol. The lowest BCUT2D eigenvalue weighted by Crippen LogP contribution is -2.55. The van der Waals surface area contributed by atoms with Gasteiger partial charge in [-0.1, -0.05) is 25.5 Å². The van der Waals surface area contributed by atoms with Gasteiger partial charge in [-0.3, -0.25) is 4.79 Å². The van der Waals surface area contributed by atoms with Crippen molar-refractivity contribution in [1.82, 2.24) is 5.32 Å². The minimum absolute atomic E-state index is 0.0651. The highest BCUT2D eigenvalue weighted by Crippen LogP contribution is 2.17. The van der Waals surface area contributed by atoms with Crippen molar-refractivity contribution in [1.29, 1.82) is 0 Å². The van der Waals surface area contributed by atoms with Crippen LogP contribution in [-0.4, -0.2) is 18.0 Å². The van der Waals surface area contributed by atoms with Gasteiger partial charge in [-0.05, 0) is 31.9 Å². The molecule has 0 aliphatic rings. The fourth-order valence-electron chi connectivity index (χ4n) is 1.57. The van der Waals surface area contributed by atoms with Gasteiger partial charge >= 0.3 is 0 Å². The number of hydrogen-bond acceptors (Lipinski definition) is 2. The summed E-state index contributed by atoms with van der Waals surface area (Å²) in [5.41, 5.74) is 6.07. The highest BCUT2D eigenvalue weighted by atomic mass is 19.1. The van der Waals surface area contributed by atoms with Crippen LogP contribution in [0.1, 0.15) is 36.7 Å². The first-order chi connectivity index (χ1) is 8.30. The number of amides is 1. The number of halogens is 1. The van der Waals surface area contributed by atoms with Crippen molar-refractivity contribution in [3.8, 4) is 0 Å². The van der Waals surface area contributed by atoms with E-state index in [0.29, 0.717) is 6.54 Å². The highest BCUT2D eigenvalue weighted by molar-refractivity contribution is 5.95. The number of rotatable bonds is 4. The largest absolute Gasteiger partial charge is 0.345 e. The van der Waals surface area contributed by atoms with E-state index in [0.717, 1.165) is 5.56 Å². The Kier molecular flexibility index (Phi) is 4.46. The van der Waals surface area contributed by atoms with Gasteiger partial charge in [-0.25, -0.2) is 4.39 Å². The standard InChI is InChI=1S/C14H21FN2O/c1-9(2)14(4,8-16)17-13(18)11-7-10(3)5-6-12(11)15/h5-7,9H,8,16H2,1-4H3,(H,17,18). The summed E-state index contributed by atoms with van der Waals surface area (Å²) in [6.07, 6.45) is 0. The molecular weight excluding hydrogens is 231 g/mol.